The number of rotatable bonds is 4. The molecule has 2 atom stereocenters. The Bertz CT molecular complexity index is 614. The summed E-state index contributed by atoms with van der Waals surface area (Å²) in [7, 11) is 0. The molecule has 6 heteroatoms. The topological polar surface area (TPSA) is 51.4 Å². The van der Waals surface area contributed by atoms with E-state index in [1.165, 1.54) is 0 Å². The molecule has 0 bridgehead atoms. The van der Waals surface area contributed by atoms with E-state index < -0.39 is 0 Å². The third kappa shape index (κ3) is 3.32. The predicted molar refractivity (Wildman–Crippen MR) is 83.8 cm³/mol. The molecule has 3 rings (SSSR count). The molecular formula is C16H20ClN3O2. The molecule has 0 spiro atoms. The van der Waals surface area contributed by atoms with Crippen molar-refractivity contribution in [1.29, 1.82) is 0 Å². The molecule has 0 radical (unpaired) electrons. The highest BCUT2D eigenvalue weighted by molar-refractivity contribution is 6.30. The van der Waals surface area contributed by atoms with Gasteiger partial charge in [0.15, 0.2) is 5.82 Å². The first-order valence-electron chi connectivity index (χ1n) is 7.61. The highest BCUT2D eigenvalue weighted by Crippen LogP contribution is 2.28. The predicted octanol–water partition coefficient (Wildman–Crippen LogP) is 3.42. The number of hydrogen-bond acceptors (Lipinski definition) is 5. The molecule has 1 saturated heterocycles. The Balaban J connectivity index is 1.70. The molecule has 0 saturated carbocycles. The third-order valence-electron chi connectivity index (χ3n) is 4.04. The Labute approximate surface area is 135 Å². The van der Waals surface area contributed by atoms with Crippen molar-refractivity contribution >= 4 is 11.6 Å². The lowest BCUT2D eigenvalue weighted by atomic mass is 10.1. The van der Waals surface area contributed by atoms with E-state index in [9.17, 15) is 0 Å². The molecule has 2 heterocycles. The van der Waals surface area contributed by atoms with Crippen molar-refractivity contribution in [2.24, 2.45) is 0 Å². The van der Waals surface area contributed by atoms with Gasteiger partial charge in [-0.2, -0.15) is 4.98 Å². The lowest BCUT2D eigenvalue weighted by Crippen LogP contribution is -2.40. The van der Waals surface area contributed by atoms with Crippen LogP contribution in [0, 0.1) is 0 Å². The van der Waals surface area contributed by atoms with Crippen molar-refractivity contribution < 1.29 is 9.26 Å². The molecule has 22 heavy (non-hydrogen) atoms. The average molecular weight is 322 g/mol. The standard InChI is InChI=1S/C16H20ClN3O2/c1-3-15-18-16(22-19-15)11(2)20-8-9-21-14(10-20)12-4-6-13(17)7-5-12/h4-7,11,14H,3,8-10H2,1-2H3/t11-,14+/m0/s1. The van der Waals surface area contributed by atoms with Gasteiger partial charge in [-0.05, 0) is 24.6 Å². The van der Waals surface area contributed by atoms with Gasteiger partial charge in [0.05, 0.1) is 18.8 Å². The van der Waals surface area contributed by atoms with E-state index in [1.54, 1.807) is 0 Å². The molecule has 1 aliphatic rings. The van der Waals surface area contributed by atoms with E-state index in [1.807, 2.05) is 31.2 Å². The summed E-state index contributed by atoms with van der Waals surface area (Å²) in [5, 5.41) is 4.72. The zero-order valence-corrected chi connectivity index (χ0v) is 13.6. The Morgan fingerprint density at radius 2 is 2.14 bits per heavy atom. The molecule has 2 aromatic rings. The normalized spacial score (nSPS) is 21.0. The van der Waals surface area contributed by atoms with E-state index >= 15 is 0 Å². The van der Waals surface area contributed by atoms with Gasteiger partial charge < -0.3 is 9.26 Å². The number of ether oxygens (including phenoxy) is 1. The zero-order chi connectivity index (χ0) is 15.5. The number of aryl methyl sites for hydroxylation is 1. The van der Waals surface area contributed by atoms with Crippen LogP contribution in [0.15, 0.2) is 28.8 Å². The maximum atomic E-state index is 5.95. The molecule has 5 nitrogen and oxygen atoms in total. The zero-order valence-electron chi connectivity index (χ0n) is 12.8. The molecule has 1 aromatic heterocycles. The van der Waals surface area contributed by atoms with Crippen molar-refractivity contribution in [3.8, 4) is 0 Å². The monoisotopic (exact) mass is 321 g/mol. The van der Waals surface area contributed by atoms with Gasteiger partial charge in [-0.3, -0.25) is 4.90 Å². The van der Waals surface area contributed by atoms with E-state index in [0.29, 0.717) is 12.5 Å². The van der Waals surface area contributed by atoms with Gasteiger partial charge in [0.2, 0.25) is 5.89 Å². The van der Waals surface area contributed by atoms with Crippen LogP contribution in [0.2, 0.25) is 5.02 Å². The first-order chi connectivity index (χ1) is 10.7. The van der Waals surface area contributed by atoms with Gasteiger partial charge in [0, 0.05) is 24.5 Å². The third-order valence-corrected chi connectivity index (χ3v) is 4.30. The molecule has 1 aromatic carbocycles. The van der Waals surface area contributed by atoms with Crippen LogP contribution < -0.4 is 0 Å². The highest BCUT2D eigenvalue weighted by atomic mass is 35.5. The van der Waals surface area contributed by atoms with Gasteiger partial charge in [0.25, 0.3) is 0 Å². The number of hydrogen-bond donors (Lipinski definition) is 0. The van der Waals surface area contributed by atoms with E-state index in [0.717, 1.165) is 35.9 Å². The summed E-state index contributed by atoms with van der Waals surface area (Å²) in [6.45, 7) is 6.45. The fourth-order valence-corrected chi connectivity index (χ4v) is 2.76. The van der Waals surface area contributed by atoms with Crippen molar-refractivity contribution in [3.63, 3.8) is 0 Å². The highest BCUT2D eigenvalue weighted by Gasteiger charge is 2.28. The SMILES string of the molecule is CCc1noc([C@H](C)N2CCO[C@@H](c3ccc(Cl)cc3)C2)n1. The van der Waals surface area contributed by atoms with Gasteiger partial charge >= 0.3 is 0 Å². The molecule has 118 valence electrons. The van der Waals surface area contributed by atoms with Crippen molar-refractivity contribution in [3.05, 3.63) is 46.6 Å². The largest absolute Gasteiger partial charge is 0.371 e. The molecule has 0 unspecified atom stereocenters. The van der Waals surface area contributed by atoms with Crippen molar-refractivity contribution in [2.75, 3.05) is 19.7 Å². The van der Waals surface area contributed by atoms with E-state index in [4.69, 9.17) is 20.9 Å². The van der Waals surface area contributed by atoms with E-state index in [-0.39, 0.29) is 12.1 Å². The van der Waals surface area contributed by atoms with Crippen molar-refractivity contribution in [1.82, 2.24) is 15.0 Å². The summed E-state index contributed by atoms with van der Waals surface area (Å²) in [4.78, 5) is 6.75. The number of aromatic nitrogens is 2. The van der Waals surface area contributed by atoms with Crippen LogP contribution in [-0.4, -0.2) is 34.7 Å². The van der Waals surface area contributed by atoms with Crippen LogP contribution in [0.4, 0.5) is 0 Å². The molecule has 0 amide bonds. The quantitative estimate of drug-likeness (QED) is 0.863. The van der Waals surface area contributed by atoms with Crippen LogP contribution in [0.5, 0.6) is 0 Å². The number of benzene rings is 1. The minimum absolute atomic E-state index is 0.0435. The number of halogens is 1. The van der Waals surface area contributed by atoms with Crippen LogP contribution in [-0.2, 0) is 11.2 Å². The Morgan fingerprint density at radius 1 is 1.36 bits per heavy atom. The van der Waals surface area contributed by atoms with Crippen LogP contribution >= 0.6 is 11.6 Å². The summed E-state index contributed by atoms with van der Waals surface area (Å²) >= 11 is 5.95. The molecule has 0 aliphatic carbocycles. The Hall–Kier alpha value is -1.43. The summed E-state index contributed by atoms with van der Waals surface area (Å²) in [5.41, 5.74) is 1.14. The van der Waals surface area contributed by atoms with Crippen molar-refractivity contribution in [2.45, 2.75) is 32.4 Å². The fraction of sp³-hybridized carbons (Fsp3) is 0.500. The minimum atomic E-state index is 0.0435. The summed E-state index contributed by atoms with van der Waals surface area (Å²) in [6.07, 6.45) is 0.828. The lowest BCUT2D eigenvalue weighted by Gasteiger charge is -2.35. The second kappa shape index (κ2) is 6.77. The minimum Gasteiger partial charge on any atom is -0.371 e. The molecule has 1 fully saturated rings. The van der Waals surface area contributed by atoms with Crippen LogP contribution in [0.1, 0.15) is 43.3 Å². The molecule has 0 N–H and O–H groups in total. The molecular weight excluding hydrogens is 302 g/mol. The number of morpholine rings is 1. The summed E-state index contributed by atoms with van der Waals surface area (Å²) < 4.78 is 11.3. The van der Waals surface area contributed by atoms with Gasteiger partial charge in [-0.1, -0.05) is 35.8 Å². The second-order valence-corrected chi connectivity index (χ2v) is 5.92. The average Bonchev–Trinajstić information content (AvgIpc) is 3.04. The van der Waals surface area contributed by atoms with Gasteiger partial charge in [0.1, 0.15) is 0 Å². The smallest absolute Gasteiger partial charge is 0.243 e. The maximum absolute atomic E-state index is 5.95. The molecule has 1 aliphatic heterocycles. The van der Waals surface area contributed by atoms with Gasteiger partial charge in [-0.25, -0.2) is 0 Å². The summed E-state index contributed by atoms with van der Waals surface area (Å²) in [5.74, 6) is 1.43. The first-order valence-corrected chi connectivity index (χ1v) is 7.98. The Morgan fingerprint density at radius 3 is 2.82 bits per heavy atom. The second-order valence-electron chi connectivity index (χ2n) is 5.48. The van der Waals surface area contributed by atoms with Crippen LogP contribution in [0.3, 0.4) is 0 Å². The first kappa shape index (κ1) is 15.5. The van der Waals surface area contributed by atoms with Crippen LogP contribution in [0.25, 0.3) is 0 Å². The lowest BCUT2D eigenvalue weighted by molar-refractivity contribution is -0.0469. The fourth-order valence-electron chi connectivity index (χ4n) is 2.64. The number of nitrogens with zero attached hydrogens (tertiary/aromatic N) is 3. The van der Waals surface area contributed by atoms with E-state index in [2.05, 4.69) is 22.0 Å². The maximum Gasteiger partial charge on any atom is 0.243 e. The Kier molecular flexibility index (Phi) is 4.76. The van der Waals surface area contributed by atoms with Gasteiger partial charge in [-0.15, -0.1) is 0 Å². The summed E-state index contributed by atoms with van der Waals surface area (Å²) in [6, 6.07) is 7.92.